The smallest absolute Gasteiger partial charge is 0.239 e. The maximum absolute atomic E-state index is 11.4. The third-order valence-corrected chi connectivity index (χ3v) is 3.00. The van der Waals surface area contributed by atoms with Gasteiger partial charge in [0.25, 0.3) is 0 Å². The zero-order valence-corrected chi connectivity index (χ0v) is 12.4. The fourth-order valence-electron chi connectivity index (χ4n) is 1.18. The largest absolute Gasteiger partial charge is 0.375 e. The number of benzene rings is 1. The predicted molar refractivity (Wildman–Crippen MR) is 73.6 cm³/mol. The fraction of sp³-hybridized carbons (Fsp3) is 0.364. The van der Waals surface area contributed by atoms with E-state index in [4.69, 9.17) is 0 Å². The number of nitrogens with one attached hydrogen (secondary N) is 2. The van der Waals surface area contributed by atoms with Gasteiger partial charge >= 0.3 is 0 Å². The molecule has 0 aliphatic carbocycles. The van der Waals surface area contributed by atoms with Crippen molar-refractivity contribution in [1.82, 2.24) is 5.32 Å². The summed E-state index contributed by atoms with van der Waals surface area (Å²) in [5, 5.41) is 5.89. The minimum atomic E-state index is -0.0122. The van der Waals surface area contributed by atoms with Gasteiger partial charge in [0, 0.05) is 20.7 Å². The van der Waals surface area contributed by atoms with Crippen LogP contribution in [0, 0.1) is 0 Å². The van der Waals surface area contributed by atoms with Crippen LogP contribution in [0.4, 0.5) is 5.69 Å². The molecule has 0 heterocycles. The third-order valence-electron chi connectivity index (χ3n) is 1.82. The molecule has 0 aliphatic rings. The van der Waals surface area contributed by atoms with Gasteiger partial charge < -0.3 is 10.6 Å². The summed E-state index contributed by atoms with van der Waals surface area (Å²) in [4.78, 5) is 11.4. The van der Waals surface area contributed by atoms with E-state index in [9.17, 15) is 4.79 Å². The quantitative estimate of drug-likeness (QED) is 0.876. The monoisotopic (exact) mass is 348 g/mol. The predicted octanol–water partition coefficient (Wildman–Crippen LogP) is 3.15. The van der Waals surface area contributed by atoms with E-state index in [0.29, 0.717) is 0 Å². The molecule has 5 heteroatoms. The Morgan fingerprint density at radius 1 is 1.38 bits per heavy atom. The summed E-state index contributed by atoms with van der Waals surface area (Å²) in [6, 6.07) is 5.95. The Morgan fingerprint density at radius 3 is 2.69 bits per heavy atom. The van der Waals surface area contributed by atoms with E-state index >= 15 is 0 Å². The minimum Gasteiger partial charge on any atom is -0.375 e. The first-order chi connectivity index (χ1) is 7.49. The maximum atomic E-state index is 11.4. The van der Waals surface area contributed by atoms with E-state index in [-0.39, 0.29) is 18.5 Å². The lowest BCUT2D eigenvalue weighted by Crippen LogP contribution is -2.34. The molecule has 0 fully saturated rings. The molecule has 0 bridgehead atoms. The van der Waals surface area contributed by atoms with Gasteiger partial charge in [-0.15, -0.1) is 0 Å². The van der Waals surface area contributed by atoms with Crippen LogP contribution in [0.1, 0.15) is 13.8 Å². The van der Waals surface area contributed by atoms with E-state index < -0.39 is 0 Å². The lowest BCUT2D eigenvalue weighted by Gasteiger charge is -2.11. The van der Waals surface area contributed by atoms with Crippen LogP contribution in [-0.4, -0.2) is 18.5 Å². The summed E-state index contributed by atoms with van der Waals surface area (Å²) in [6.07, 6.45) is 0. The number of carbonyl (C=O) groups is 1. The number of rotatable bonds is 4. The van der Waals surface area contributed by atoms with Crippen LogP contribution >= 0.6 is 31.9 Å². The molecule has 0 saturated carbocycles. The van der Waals surface area contributed by atoms with Crippen LogP contribution in [0.2, 0.25) is 0 Å². The molecule has 0 atom stereocenters. The first-order valence-corrected chi connectivity index (χ1v) is 6.56. The second-order valence-electron chi connectivity index (χ2n) is 3.70. The Morgan fingerprint density at radius 2 is 2.06 bits per heavy atom. The van der Waals surface area contributed by atoms with Crippen LogP contribution in [0.25, 0.3) is 0 Å². The molecule has 0 radical (unpaired) electrons. The molecule has 0 spiro atoms. The van der Waals surface area contributed by atoms with E-state index in [1.54, 1.807) is 0 Å². The van der Waals surface area contributed by atoms with Gasteiger partial charge in [0.15, 0.2) is 0 Å². The van der Waals surface area contributed by atoms with Gasteiger partial charge in [0.2, 0.25) is 5.91 Å². The van der Waals surface area contributed by atoms with E-state index in [2.05, 4.69) is 42.5 Å². The van der Waals surface area contributed by atoms with Crippen molar-refractivity contribution in [3.8, 4) is 0 Å². The van der Waals surface area contributed by atoms with Crippen molar-refractivity contribution in [2.24, 2.45) is 0 Å². The standard InChI is InChI=1S/C11H14Br2N2O/c1-7(2)15-11(16)6-14-10-5-8(12)3-4-9(10)13/h3-5,7,14H,6H2,1-2H3,(H,15,16). The molecule has 88 valence electrons. The highest BCUT2D eigenvalue weighted by molar-refractivity contribution is 9.11. The average Bonchev–Trinajstić information content (AvgIpc) is 2.18. The van der Waals surface area contributed by atoms with Gasteiger partial charge in [-0.1, -0.05) is 15.9 Å². The highest BCUT2D eigenvalue weighted by Crippen LogP contribution is 2.25. The number of hydrogen-bond donors (Lipinski definition) is 2. The molecule has 0 saturated heterocycles. The third kappa shape index (κ3) is 4.53. The Bertz CT molecular complexity index is 380. The second-order valence-corrected chi connectivity index (χ2v) is 5.47. The topological polar surface area (TPSA) is 41.1 Å². The van der Waals surface area contributed by atoms with Crippen LogP contribution in [-0.2, 0) is 4.79 Å². The summed E-state index contributed by atoms with van der Waals surface area (Å²) >= 11 is 6.80. The SMILES string of the molecule is CC(C)NC(=O)CNc1cc(Br)ccc1Br. The molecular weight excluding hydrogens is 336 g/mol. The molecule has 1 aromatic rings. The van der Waals surface area contributed by atoms with Gasteiger partial charge in [0.05, 0.1) is 6.54 Å². The van der Waals surface area contributed by atoms with Crippen LogP contribution < -0.4 is 10.6 Å². The molecule has 16 heavy (non-hydrogen) atoms. The fourth-order valence-corrected chi connectivity index (χ4v) is 1.93. The number of carbonyl (C=O) groups excluding carboxylic acids is 1. The van der Waals surface area contributed by atoms with E-state index in [0.717, 1.165) is 14.6 Å². The summed E-state index contributed by atoms with van der Waals surface area (Å²) < 4.78 is 1.91. The normalized spacial score (nSPS) is 10.3. The van der Waals surface area contributed by atoms with Crippen molar-refractivity contribution < 1.29 is 4.79 Å². The van der Waals surface area contributed by atoms with Crippen LogP contribution in [0.3, 0.4) is 0 Å². The Balaban J connectivity index is 2.54. The highest BCUT2D eigenvalue weighted by Gasteiger charge is 2.05. The molecule has 2 N–H and O–H groups in total. The number of halogens is 2. The van der Waals surface area contributed by atoms with Gasteiger partial charge in [-0.2, -0.15) is 0 Å². The van der Waals surface area contributed by atoms with Gasteiger partial charge in [-0.3, -0.25) is 4.79 Å². The van der Waals surface area contributed by atoms with Crippen molar-refractivity contribution in [1.29, 1.82) is 0 Å². The molecular formula is C11H14Br2N2O. The second kappa shape index (κ2) is 6.25. The first kappa shape index (κ1) is 13.5. The van der Waals surface area contributed by atoms with E-state index in [1.165, 1.54) is 0 Å². The van der Waals surface area contributed by atoms with Crippen molar-refractivity contribution in [2.45, 2.75) is 19.9 Å². The molecule has 0 aromatic heterocycles. The van der Waals surface area contributed by atoms with Gasteiger partial charge in [0.1, 0.15) is 0 Å². The molecule has 1 amide bonds. The Kier molecular flexibility index (Phi) is 5.28. The summed E-state index contributed by atoms with van der Waals surface area (Å²) in [7, 11) is 0. The van der Waals surface area contributed by atoms with E-state index in [1.807, 2.05) is 32.0 Å². The molecule has 0 unspecified atom stereocenters. The molecule has 0 aliphatic heterocycles. The summed E-state index contributed by atoms with van der Waals surface area (Å²) in [5.74, 6) is -0.0122. The van der Waals surface area contributed by atoms with Crippen molar-refractivity contribution >= 4 is 43.5 Å². The maximum Gasteiger partial charge on any atom is 0.239 e. The number of amides is 1. The number of anilines is 1. The summed E-state index contributed by atoms with van der Waals surface area (Å²) in [6.45, 7) is 4.15. The Hall–Kier alpha value is -0.550. The van der Waals surface area contributed by atoms with Crippen LogP contribution in [0.15, 0.2) is 27.1 Å². The zero-order valence-electron chi connectivity index (χ0n) is 9.18. The van der Waals surface area contributed by atoms with Crippen molar-refractivity contribution in [3.05, 3.63) is 27.1 Å². The average molecular weight is 350 g/mol. The first-order valence-electron chi connectivity index (χ1n) is 4.97. The number of hydrogen-bond acceptors (Lipinski definition) is 2. The molecule has 1 rings (SSSR count). The molecule has 3 nitrogen and oxygen atoms in total. The highest BCUT2D eigenvalue weighted by atomic mass is 79.9. The minimum absolute atomic E-state index is 0.0122. The molecule has 1 aromatic carbocycles. The van der Waals surface area contributed by atoms with Crippen molar-refractivity contribution in [2.75, 3.05) is 11.9 Å². The lowest BCUT2D eigenvalue weighted by atomic mass is 10.3. The van der Waals surface area contributed by atoms with Crippen LogP contribution in [0.5, 0.6) is 0 Å². The van der Waals surface area contributed by atoms with Gasteiger partial charge in [-0.05, 0) is 48.0 Å². The lowest BCUT2D eigenvalue weighted by molar-refractivity contribution is -0.119. The summed E-state index contributed by atoms with van der Waals surface area (Å²) in [5.41, 5.74) is 0.897. The van der Waals surface area contributed by atoms with Crippen molar-refractivity contribution in [3.63, 3.8) is 0 Å². The zero-order chi connectivity index (χ0) is 12.1. The Labute approximate surface area is 112 Å². The van der Waals surface area contributed by atoms with Gasteiger partial charge in [-0.25, -0.2) is 0 Å².